The number of aromatic hydroxyl groups is 1. The Kier molecular flexibility index (Phi) is 3.85. The monoisotopic (exact) mass is 386 g/mol. The van der Waals surface area contributed by atoms with Gasteiger partial charge < -0.3 is 9.84 Å². The lowest BCUT2D eigenvalue weighted by molar-refractivity contribution is -0.645. The fraction of sp³-hybridized carbons (Fsp3) is 0.696. The van der Waals surface area contributed by atoms with Crippen LogP contribution in [0, 0.1) is 29.1 Å². The van der Waals surface area contributed by atoms with Crippen LogP contribution in [0.15, 0.2) is 18.2 Å². The van der Waals surface area contributed by atoms with Crippen molar-refractivity contribution in [2.75, 3.05) is 7.11 Å². The molecule has 28 heavy (non-hydrogen) atoms. The number of rotatable bonds is 3. The highest BCUT2D eigenvalue weighted by Crippen LogP contribution is 2.69. The Morgan fingerprint density at radius 3 is 2.11 bits per heavy atom. The van der Waals surface area contributed by atoms with Crippen LogP contribution in [0.5, 0.6) is 5.75 Å². The zero-order valence-electron chi connectivity index (χ0n) is 17.2. The molecule has 5 nitrogen and oxygen atoms in total. The second-order valence-corrected chi connectivity index (χ2v) is 10.4. The lowest BCUT2D eigenvalue weighted by Gasteiger charge is -2.68. The summed E-state index contributed by atoms with van der Waals surface area (Å²) in [6.45, 7) is 5.56. The molecule has 5 aliphatic rings. The Morgan fingerprint density at radius 1 is 1.07 bits per heavy atom. The number of Topliss-reactive ketones (excluding diaryl/α,β-unsaturated/α-hetero) is 1. The minimum Gasteiger partial charge on any atom is -0.507 e. The first-order chi connectivity index (χ1) is 13.2. The highest BCUT2D eigenvalue weighted by molar-refractivity contribution is 6.02. The maximum Gasteiger partial charge on any atom is 0.260 e. The largest absolute Gasteiger partial charge is 0.507 e. The molecule has 1 unspecified atom stereocenters. The number of phenolic OH excluding ortho intramolecular Hbond substituents is 1. The Bertz CT molecular complexity index is 791. The van der Waals surface area contributed by atoms with Gasteiger partial charge in [-0.15, -0.1) is 0 Å². The van der Waals surface area contributed by atoms with Gasteiger partial charge in [0.2, 0.25) is 0 Å². The maximum atomic E-state index is 12.6. The van der Waals surface area contributed by atoms with Gasteiger partial charge in [-0.05, 0) is 67.9 Å². The molecular weight excluding hydrogens is 356 g/mol. The number of methoxy groups -OCH3 is 1. The Hall–Kier alpha value is -1.43. The summed E-state index contributed by atoms with van der Waals surface area (Å²) in [6.07, 6.45) is 6.00. The lowest BCUT2D eigenvalue weighted by Crippen LogP contribution is -2.76. The SMILES string of the molecule is COC1(c2ccc(C(=O)C(C)(C)C)c(O)c2)OOC12C1CC3CC(C1)CC2C3. The van der Waals surface area contributed by atoms with E-state index in [2.05, 4.69) is 0 Å². The van der Waals surface area contributed by atoms with E-state index in [1.807, 2.05) is 26.8 Å². The van der Waals surface area contributed by atoms with Crippen LogP contribution in [0.4, 0.5) is 0 Å². The highest BCUT2D eigenvalue weighted by Gasteiger charge is 2.76. The number of phenols is 1. The molecule has 1 aliphatic heterocycles. The van der Waals surface area contributed by atoms with Crippen molar-refractivity contribution < 1.29 is 24.4 Å². The van der Waals surface area contributed by atoms with Crippen molar-refractivity contribution in [1.82, 2.24) is 0 Å². The molecule has 0 amide bonds. The minimum absolute atomic E-state index is 0.0247. The predicted octanol–water partition coefficient (Wildman–Crippen LogP) is 4.58. The minimum atomic E-state index is -1.02. The van der Waals surface area contributed by atoms with Crippen molar-refractivity contribution in [3.8, 4) is 5.75 Å². The Labute approximate surface area is 166 Å². The van der Waals surface area contributed by atoms with Gasteiger partial charge in [0.15, 0.2) is 11.4 Å². The number of hydrogen-bond acceptors (Lipinski definition) is 5. The highest BCUT2D eigenvalue weighted by atomic mass is 17.3. The maximum absolute atomic E-state index is 12.6. The Morgan fingerprint density at radius 2 is 1.68 bits per heavy atom. The van der Waals surface area contributed by atoms with Gasteiger partial charge >= 0.3 is 0 Å². The molecule has 152 valence electrons. The summed E-state index contributed by atoms with van der Waals surface area (Å²) in [4.78, 5) is 24.3. The van der Waals surface area contributed by atoms with Crippen LogP contribution < -0.4 is 0 Å². The molecule has 1 heterocycles. The third-order valence-electron chi connectivity index (χ3n) is 7.75. The normalized spacial score (nSPS) is 41.3. The third kappa shape index (κ3) is 2.21. The van der Waals surface area contributed by atoms with E-state index in [4.69, 9.17) is 14.5 Å². The molecule has 5 fully saturated rings. The van der Waals surface area contributed by atoms with Gasteiger partial charge in [0, 0.05) is 18.1 Å². The molecule has 4 aliphatic carbocycles. The fourth-order valence-corrected chi connectivity index (χ4v) is 6.69. The van der Waals surface area contributed by atoms with E-state index >= 15 is 0 Å². The van der Waals surface area contributed by atoms with Crippen LogP contribution in [0.3, 0.4) is 0 Å². The molecule has 5 heteroatoms. The average Bonchev–Trinajstić information content (AvgIpc) is 2.60. The van der Waals surface area contributed by atoms with Crippen molar-refractivity contribution in [2.24, 2.45) is 29.1 Å². The number of carbonyl (C=O) groups is 1. The quantitative estimate of drug-likeness (QED) is 0.609. The molecule has 1 spiro atoms. The molecule has 4 bridgehead atoms. The first-order valence-electron chi connectivity index (χ1n) is 10.5. The van der Waals surface area contributed by atoms with Crippen molar-refractivity contribution in [1.29, 1.82) is 0 Å². The van der Waals surface area contributed by atoms with Crippen LogP contribution >= 0.6 is 0 Å². The standard InChI is InChI=1S/C23H30O5/c1-21(2,3)20(25)18-6-5-15(12-19(18)24)23(26-4)22(27-28-23)16-8-13-7-14(10-16)11-17(22)9-13/h5-6,12-14,16-17,24H,7-11H2,1-4H3. The molecule has 1 saturated heterocycles. The summed E-state index contributed by atoms with van der Waals surface area (Å²) in [5, 5.41) is 10.7. The van der Waals surface area contributed by atoms with Gasteiger partial charge in [0.1, 0.15) is 5.75 Å². The Balaban J connectivity index is 1.55. The lowest BCUT2D eigenvalue weighted by atomic mass is 9.47. The number of ketones is 1. The molecule has 1 aromatic carbocycles. The number of benzene rings is 1. The molecule has 0 aromatic heterocycles. The summed E-state index contributed by atoms with van der Waals surface area (Å²) < 4.78 is 6.02. The van der Waals surface area contributed by atoms with Crippen LogP contribution in [0.2, 0.25) is 0 Å². The van der Waals surface area contributed by atoms with Crippen LogP contribution in [0.1, 0.15) is 68.8 Å². The second-order valence-electron chi connectivity index (χ2n) is 10.4. The summed E-state index contributed by atoms with van der Waals surface area (Å²) in [5.41, 5.74) is 0.0203. The van der Waals surface area contributed by atoms with Crippen molar-refractivity contribution >= 4 is 5.78 Å². The zero-order chi connectivity index (χ0) is 19.9. The number of ether oxygens (including phenoxy) is 1. The van der Waals surface area contributed by atoms with Gasteiger partial charge in [-0.2, -0.15) is 4.89 Å². The van der Waals surface area contributed by atoms with E-state index in [1.54, 1.807) is 19.2 Å². The van der Waals surface area contributed by atoms with Crippen molar-refractivity contribution in [2.45, 2.75) is 64.3 Å². The molecule has 1 aromatic rings. The number of carbonyl (C=O) groups excluding carboxylic acids is 1. The first-order valence-corrected chi connectivity index (χ1v) is 10.5. The summed E-state index contributed by atoms with van der Waals surface area (Å²) >= 11 is 0. The summed E-state index contributed by atoms with van der Waals surface area (Å²) in [5.74, 6) is 1.29. The van der Waals surface area contributed by atoms with E-state index in [0.717, 1.165) is 43.1 Å². The molecule has 6 rings (SSSR count). The van der Waals surface area contributed by atoms with E-state index in [-0.39, 0.29) is 11.5 Å². The van der Waals surface area contributed by atoms with Crippen molar-refractivity contribution in [3.63, 3.8) is 0 Å². The third-order valence-corrected chi connectivity index (χ3v) is 7.75. The van der Waals surface area contributed by atoms with Gasteiger partial charge in [0.05, 0.1) is 5.56 Å². The molecule has 0 radical (unpaired) electrons. The van der Waals surface area contributed by atoms with Gasteiger partial charge in [-0.25, -0.2) is 4.89 Å². The smallest absolute Gasteiger partial charge is 0.260 e. The number of hydrogen-bond donors (Lipinski definition) is 1. The molecule has 1 N–H and O–H groups in total. The summed E-state index contributed by atoms with van der Waals surface area (Å²) in [7, 11) is 1.65. The van der Waals surface area contributed by atoms with Crippen LogP contribution in [-0.2, 0) is 20.3 Å². The van der Waals surface area contributed by atoms with E-state index < -0.39 is 16.8 Å². The van der Waals surface area contributed by atoms with Crippen molar-refractivity contribution in [3.05, 3.63) is 29.3 Å². The van der Waals surface area contributed by atoms with Gasteiger partial charge in [0.25, 0.3) is 5.79 Å². The molecule has 1 atom stereocenters. The van der Waals surface area contributed by atoms with E-state index in [0.29, 0.717) is 17.4 Å². The second kappa shape index (κ2) is 5.80. The van der Waals surface area contributed by atoms with E-state index in [1.165, 1.54) is 6.42 Å². The van der Waals surface area contributed by atoms with Gasteiger partial charge in [-0.1, -0.05) is 26.8 Å². The summed E-state index contributed by atoms with van der Waals surface area (Å²) in [6, 6.07) is 5.19. The topological polar surface area (TPSA) is 65.0 Å². The van der Waals surface area contributed by atoms with Crippen LogP contribution in [-0.4, -0.2) is 23.6 Å². The van der Waals surface area contributed by atoms with Gasteiger partial charge in [-0.3, -0.25) is 4.79 Å². The van der Waals surface area contributed by atoms with Crippen LogP contribution in [0.25, 0.3) is 0 Å². The van der Waals surface area contributed by atoms with E-state index in [9.17, 15) is 9.90 Å². The average molecular weight is 386 g/mol. The molecule has 4 saturated carbocycles. The molecular formula is C23H30O5. The fourth-order valence-electron chi connectivity index (χ4n) is 6.69. The first kappa shape index (κ1) is 18.6. The zero-order valence-corrected chi connectivity index (χ0v) is 17.2. The predicted molar refractivity (Wildman–Crippen MR) is 103 cm³/mol.